The Morgan fingerprint density at radius 2 is 2.29 bits per heavy atom. The van der Waals surface area contributed by atoms with Gasteiger partial charge in [-0.15, -0.1) is 11.3 Å². The van der Waals surface area contributed by atoms with Crippen molar-refractivity contribution in [3.63, 3.8) is 0 Å². The molecule has 1 aromatic carbocycles. The van der Waals surface area contributed by atoms with Gasteiger partial charge in [0.05, 0.1) is 22.2 Å². The second kappa shape index (κ2) is 7.14. The first-order valence-electron chi connectivity index (χ1n) is 6.66. The van der Waals surface area contributed by atoms with Gasteiger partial charge in [0.1, 0.15) is 0 Å². The summed E-state index contributed by atoms with van der Waals surface area (Å²) in [6.45, 7) is 3.05. The standard InChI is InChI=1S/C14H17N3O3S/c1-3-20-13-5-4-10(8-12(13)17(18)19)11-9-21-14(16-11)6-7-15-2/h4-5,8-9,15H,3,6-7H2,1-2H3. The summed E-state index contributed by atoms with van der Waals surface area (Å²) in [5.41, 5.74) is 1.47. The van der Waals surface area contributed by atoms with Crippen LogP contribution in [0.1, 0.15) is 11.9 Å². The van der Waals surface area contributed by atoms with E-state index in [1.165, 1.54) is 6.07 Å². The maximum Gasteiger partial charge on any atom is 0.311 e. The highest BCUT2D eigenvalue weighted by Gasteiger charge is 2.17. The molecule has 0 aliphatic carbocycles. The molecule has 1 heterocycles. The lowest BCUT2D eigenvalue weighted by Gasteiger charge is -2.05. The van der Waals surface area contributed by atoms with Crippen molar-refractivity contribution >= 4 is 17.0 Å². The van der Waals surface area contributed by atoms with Gasteiger partial charge < -0.3 is 10.1 Å². The summed E-state index contributed by atoms with van der Waals surface area (Å²) in [5, 5.41) is 17.1. The van der Waals surface area contributed by atoms with Crippen LogP contribution in [0.3, 0.4) is 0 Å². The van der Waals surface area contributed by atoms with Crippen LogP contribution < -0.4 is 10.1 Å². The zero-order valence-corrected chi connectivity index (χ0v) is 12.8. The van der Waals surface area contributed by atoms with E-state index in [9.17, 15) is 10.1 Å². The fraction of sp³-hybridized carbons (Fsp3) is 0.357. The quantitative estimate of drug-likeness (QED) is 0.628. The van der Waals surface area contributed by atoms with Crippen LogP contribution >= 0.6 is 11.3 Å². The van der Waals surface area contributed by atoms with Crippen LogP contribution in [0.15, 0.2) is 23.6 Å². The molecule has 2 aromatic rings. The van der Waals surface area contributed by atoms with Crippen molar-refractivity contribution in [3.05, 3.63) is 38.7 Å². The van der Waals surface area contributed by atoms with Crippen molar-refractivity contribution in [1.29, 1.82) is 0 Å². The van der Waals surface area contributed by atoms with E-state index < -0.39 is 4.92 Å². The molecule has 2 rings (SSSR count). The monoisotopic (exact) mass is 307 g/mol. The SMILES string of the molecule is CCOc1ccc(-c2csc(CCNC)n2)cc1[N+](=O)[O-]. The van der Waals surface area contributed by atoms with E-state index in [2.05, 4.69) is 10.3 Å². The Bertz CT molecular complexity index is 628. The van der Waals surface area contributed by atoms with Gasteiger partial charge in [-0.05, 0) is 26.1 Å². The number of hydrogen-bond donors (Lipinski definition) is 1. The lowest BCUT2D eigenvalue weighted by atomic mass is 10.1. The maximum absolute atomic E-state index is 11.1. The minimum absolute atomic E-state index is 0.0286. The van der Waals surface area contributed by atoms with Crippen LogP contribution in [0, 0.1) is 10.1 Å². The number of nitro benzene ring substituents is 1. The molecule has 0 atom stereocenters. The Kier molecular flexibility index (Phi) is 5.24. The van der Waals surface area contributed by atoms with E-state index in [0.29, 0.717) is 6.61 Å². The Labute approximate surface area is 126 Å². The van der Waals surface area contributed by atoms with Crippen LogP contribution in [0.2, 0.25) is 0 Å². The van der Waals surface area contributed by atoms with Gasteiger partial charge in [0.15, 0.2) is 5.75 Å². The van der Waals surface area contributed by atoms with Gasteiger partial charge >= 0.3 is 5.69 Å². The topological polar surface area (TPSA) is 77.3 Å². The van der Waals surface area contributed by atoms with Gasteiger partial charge in [0.25, 0.3) is 0 Å². The molecule has 0 radical (unpaired) electrons. The van der Waals surface area contributed by atoms with Crippen LogP contribution in [0.25, 0.3) is 11.3 Å². The first kappa shape index (κ1) is 15.4. The molecule has 0 aliphatic rings. The summed E-state index contributed by atoms with van der Waals surface area (Å²) >= 11 is 1.56. The summed E-state index contributed by atoms with van der Waals surface area (Å²) < 4.78 is 5.28. The molecule has 0 saturated carbocycles. The van der Waals surface area contributed by atoms with Crippen molar-refractivity contribution in [2.45, 2.75) is 13.3 Å². The largest absolute Gasteiger partial charge is 0.487 e. The van der Waals surface area contributed by atoms with Gasteiger partial charge in [-0.2, -0.15) is 0 Å². The third-order valence-electron chi connectivity index (χ3n) is 2.89. The summed E-state index contributed by atoms with van der Waals surface area (Å²) in [4.78, 5) is 15.2. The van der Waals surface area contributed by atoms with Crippen molar-refractivity contribution < 1.29 is 9.66 Å². The second-order valence-corrected chi connectivity index (χ2v) is 5.30. The molecule has 7 heteroatoms. The van der Waals surface area contributed by atoms with Gasteiger partial charge in [-0.1, -0.05) is 0 Å². The highest BCUT2D eigenvalue weighted by Crippen LogP contribution is 2.32. The molecule has 0 bridgehead atoms. The lowest BCUT2D eigenvalue weighted by Crippen LogP contribution is -2.09. The maximum atomic E-state index is 11.1. The summed E-state index contributed by atoms with van der Waals surface area (Å²) in [7, 11) is 1.89. The molecule has 0 unspecified atom stereocenters. The molecule has 1 aromatic heterocycles. The average Bonchev–Trinajstić information content (AvgIpc) is 2.94. The number of likely N-dealkylation sites (N-methyl/N-ethyl adjacent to an activating group) is 1. The van der Waals surface area contributed by atoms with Crippen LogP contribution in [-0.2, 0) is 6.42 Å². The minimum Gasteiger partial charge on any atom is -0.487 e. The Morgan fingerprint density at radius 3 is 2.95 bits per heavy atom. The average molecular weight is 307 g/mol. The molecular formula is C14H17N3O3S. The number of nitro groups is 1. The number of nitrogens with one attached hydrogen (secondary N) is 1. The molecule has 0 fully saturated rings. The predicted molar refractivity (Wildman–Crippen MR) is 83.0 cm³/mol. The van der Waals surface area contributed by atoms with Crippen LogP contribution in [0.4, 0.5) is 5.69 Å². The highest BCUT2D eigenvalue weighted by molar-refractivity contribution is 7.09. The zero-order valence-electron chi connectivity index (χ0n) is 12.0. The molecule has 21 heavy (non-hydrogen) atoms. The van der Waals surface area contributed by atoms with E-state index >= 15 is 0 Å². The second-order valence-electron chi connectivity index (χ2n) is 4.35. The molecule has 0 saturated heterocycles. The van der Waals surface area contributed by atoms with Crippen LogP contribution in [-0.4, -0.2) is 30.1 Å². The molecule has 1 N–H and O–H groups in total. The van der Waals surface area contributed by atoms with E-state index in [1.807, 2.05) is 12.4 Å². The van der Waals surface area contributed by atoms with Gasteiger partial charge in [0.2, 0.25) is 0 Å². The Morgan fingerprint density at radius 1 is 1.48 bits per heavy atom. The van der Waals surface area contributed by atoms with Crippen molar-refractivity contribution in [2.24, 2.45) is 0 Å². The Hall–Kier alpha value is -1.99. The number of nitrogens with zero attached hydrogens (tertiary/aromatic N) is 2. The number of rotatable bonds is 7. The molecule has 6 nitrogen and oxygen atoms in total. The fourth-order valence-corrected chi connectivity index (χ4v) is 2.69. The third kappa shape index (κ3) is 3.77. The van der Waals surface area contributed by atoms with Crippen molar-refractivity contribution in [1.82, 2.24) is 10.3 Å². The smallest absolute Gasteiger partial charge is 0.311 e. The normalized spacial score (nSPS) is 10.6. The number of ether oxygens (including phenoxy) is 1. The number of thiazole rings is 1. The van der Waals surface area contributed by atoms with E-state index in [-0.39, 0.29) is 11.4 Å². The minimum atomic E-state index is -0.428. The van der Waals surface area contributed by atoms with E-state index in [4.69, 9.17) is 4.74 Å². The third-order valence-corrected chi connectivity index (χ3v) is 3.80. The van der Waals surface area contributed by atoms with Gasteiger partial charge in [0, 0.05) is 30.0 Å². The summed E-state index contributed by atoms with van der Waals surface area (Å²) in [6, 6.07) is 4.94. The van der Waals surface area contributed by atoms with Crippen LogP contribution in [0.5, 0.6) is 5.75 Å². The van der Waals surface area contributed by atoms with Crippen molar-refractivity contribution in [3.8, 4) is 17.0 Å². The Balaban J connectivity index is 2.29. The zero-order chi connectivity index (χ0) is 15.2. The predicted octanol–water partition coefficient (Wildman–Crippen LogP) is 2.88. The summed E-state index contributed by atoms with van der Waals surface area (Å²) in [6.07, 6.45) is 0.848. The number of hydrogen-bond acceptors (Lipinski definition) is 6. The summed E-state index contributed by atoms with van der Waals surface area (Å²) in [5.74, 6) is 0.289. The number of benzene rings is 1. The van der Waals surface area contributed by atoms with E-state index in [0.717, 1.165) is 29.2 Å². The highest BCUT2D eigenvalue weighted by atomic mass is 32.1. The van der Waals surface area contributed by atoms with Crippen molar-refractivity contribution in [2.75, 3.05) is 20.2 Å². The van der Waals surface area contributed by atoms with E-state index in [1.54, 1.807) is 30.4 Å². The molecular weight excluding hydrogens is 290 g/mol. The molecule has 0 amide bonds. The molecule has 112 valence electrons. The fourth-order valence-electron chi connectivity index (χ4n) is 1.89. The lowest BCUT2D eigenvalue weighted by molar-refractivity contribution is -0.385. The first-order valence-corrected chi connectivity index (χ1v) is 7.54. The number of aromatic nitrogens is 1. The first-order chi connectivity index (χ1) is 10.2. The van der Waals surface area contributed by atoms with Gasteiger partial charge in [-0.25, -0.2) is 4.98 Å². The molecule has 0 spiro atoms. The molecule has 0 aliphatic heterocycles. The van der Waals surface area contributed by atoms with Gasteiger partial charge in [-0.3, -0.25) is 10.1 Å².